The Bertz CT molecular complexity index is 605. The Morgan fingerprint density at radius 3 is 2.44 bits per heavy atom. The zero-order valence-electron chi connectivity index (χ0n) is 15.3. The molecule has 1 aromatic carbocycles. The molecule has 0 fully saturated rings. The predicted molar refractivity (Wildman–Crippen MR) is 93.5 cm³/mol. The molecule has 0 aliphatic carbocycles. The second-order valence-electron chi connectivity index (χ2n) is 7.55. The van der Waals surface area contributed by atoms with Gasteiger partial charge in [0, 0.05) is 12.0 Å². The molecule has 8 heteroatoms. The maximum atomic E-state index is 13.8. The molecule has 2 atom stereocenters. The Morgan fingerprint density at radius 1 is 1.32 bits per heavy atom. The molecule has 0 aliphatic heterocycles. The van der Waals surface area contributed by atoms with Crippen molar-refractivity contribution in [2.75, 3.05) is 6.61 Å². The number of primary amides is 1. The van der Waals surface area contributed by atoms with Crippen LogP contribution in [0.3, 0.4) is 0 Å². The summed E-state index contributed by atoms with van der Waals surface area (Å²) in [5.74, 6) is -1.36. The first kappa shape index (κ1) is 21.5. The Balaban J connectivity index is 2.96. The van der Waals surface area contributed by atoms with E-state index < -0.39 is 38.3 Å². The summed E-state index contributed by atoms with van der Waals surface area (Å²) in [5, 5.41) is 10.2. The number of rotatable bonds is 7. The van der Waals surface area contributed by atoms with Gasteiger partial charge >= 0.3 is 6.09 Å². The van der Waals surface area contributed by atoms with Crippen molar-refractivity contribution in [3.63, 3.8) is 0 Å². The standard InChI is InChI=1S/C17H27F2NO4Si/c1-17(2,3)25(4,5)24-12(10-23-16(20)22)9-15(21)13-8-11(18)6-7-14(13)19/h6-8,12,15,21H,9-10H2,1-5H3,(H2,20,22)/t12-,15?/m1/s1. The van der Waals surface area contributed by atoms with Gasteiger partial charge in [0.2, 0.25) is 0 Å². The molecular formula is C17H27F2NO4Si. The van der Waals surface area contributed by atoms with Gasteiger partial charge in [-0.2, -0.15) is 0 Å². The van der Waals surface area contributed by atoms with Crippen LogP contribution in [-0.2, 0) is 9.16 Å². The second-order valence-corrected chi connectivity index (χ2v) is 12.3. The Hall–Kier alpha value is -1.51. The fourth-order valence-corrected chi connectivity index (χ4v) is 3.42. The zero-order chi connectivity index (χ0) is 19.4. The lowest BCUT2D eigenvalue weighted by atomic mass is 10.0. The van der Waals surface area contributed by atoms with Gasteiger partial charge in [0.05, 0.1) is 12.2 Å². The highest BCUT2D eigenvalue weighted by molar-refractivity contribution is 6.74. The number of nitrogens with two attached hydrogens (primary N) is 1. The minimum atomic E-state index is -2.24. The minimum Gasteiger partial charge on any atom is -0.447 e. The fourth-order valence-electron chi connectivity index (χ4n) is 2.06. The smallest absolute Gasteiger partial charge is 0.404 e. The summed E-state index contributed by atoms with van der Waals surface area (Å²) in [5.41, 5.74) is 4.83. The first-order chi connectivity index (χ1) is 11.3. The number of halogens is 2. The lowest BCUT2D eigenvalue weighted by Gasteiger charge is -2.39. The van der Waals surface area contributed by atoms with Gasteiger partial charge in [-0.3, -0.25) is 0 Å². The molecule has 0 heterocycles. The van der Waals surface area contributed by atoms with Gasteiger partial charge in [-0.05, 0) is 36.3 Å². The minimum absolute atomic E-state index is 0.0554. The van der Waals surface area contributed by atoms with E-state index in [4.69, 9.17) is 14.9 Å². The third-order valence-corrected chi connectivity index (χ3v) is 9.02. The van der Waals surface area contributed by atoms with Crippen molar-refractivity contribution in [2.24, 2.45) is 5.73 Å². The van der Waals surface area contributed by atoms with Gasteiger partial charge in [0.1, 0.15) is 18.2 Å². The van der Waals surface area contributed by atoms with Gasteiger partial charge in [0.15, 0.2) is 8.32 Å². The first-order valence-electron chi connectivity index (χ1n) is 8.06. The maximum absolute atomic E-state index is 13.8. The van der Waals surface area contributed by atoms with Crippen LogP contribution in [0.15, 0.2) is 18.2 Å². The molecule has 25 heavy (non-hydrogen) atoms. The fraction of sp³-hybridized carbons (Fsp3) is 0.588. The summed E-state index contributed by atoms with van der Waals surface area (Å²) in [7, 11) is -2.24. The van der Waals surface area contributed by atoms with Crippen molar-refractivity contribution < 1.29 is 27.8 Å². The van der Waals surface area contributed by atoms with E-state index in [-0.39, 0.29) is 23.6 Å². The lowest BCUT2D eigenvalue weighted by molar-refractivity contribution is 0.0377. The summed E-state index contributed by atoms with van der Waals surface area (Å²) in [6.07, 6.45) is -3.01. The number of carbonyl (C=O) groups excluding carboxylic acids is 1. The number of carbonyl (C=O) groups is 1. The van der Waals surface area contributed by atoms with Crippen LogP contribution in [0, 0.1) is 11.6 Å². The summed E-state index contributed by atoms with van der Waals surface area (Å²) in [6.45, 7) is 9.93. The summed E-state index contributed by atoms with van der Waals surface area (Å²) >= 11 is 0. The number of aliphatic hydroxyl groups excluding tert-OH is 1. The molecular weight excluding hydrogens is 348 g/mol. The first-order valence-corrected chi connectivity index (χ1v) is 11.0. The van der Waals surface area contributed by atoms with Crippen LogP contribution in [0.5, 0.6) is 0 Å². The van der Waals surface area contributed by atoms with Crippen LogP contribution < -0.4 is 5.73 Å². The SMILES string of the molecule is CC(C)(C)[Si](C)(C)O[C@@H](COC(N)=O)CC(O)c1cc(F)ccc1F. The Labute approximate surface area is 148 Å². The van der Waals surface area contributed by atoms with Gasteiger partial charge in [-0.1, -0.05) is 20.8 Å². The molecule has 3 N–H and O–H groups in total. The lowest BCUT2D eigenvalue weighted by Crippen LogP contribution is -2.45. The zero-order valence-corrected chi connectivity index (χ0v) is 16.3. The van der Waals surface area contributed by atoms with E-state index in [1.54, 1.807) is 0 Å². The normalized spacial score (nSPS) is 14.9. The highest BCUT2D eigenvalue weighted by Gasteiger charge is 2.40. The number of aliphatic hydroxyl groups is 1. The van der Waals surface area contributed by atoms with Gasteiger partial charge in [-0.15, -0.1) is 0 Å². The molecule has 1 amide bonds. The van der Waals surface area contributed by atoms with Crippen molar-refractivity contribution in [2.45, 2.75) is 57.5 Å². The van der Waals surface area contributed by atoms with Crippen LogP contribution >= 0.6 is 0 Å². The molecule has 0 aromatic heterocycles. The molecule has 0 spiro atoms. The highest BCUT2D eigenvalue weighted by atomic mass is 28.4. The highest BCUT2D eigenvalue weighted by Crippen LogP contribution is 2.38. The molecule has 1 aromatic rings. The molecule has 0 bridgehead atoms. The van der Waals surface area contributed by atoms with E-state index in [1.165, 1.54) is 0 Å². The van der Waals surface area contributed by atoms with Crippen molar-refractivity contribution in [3.8, 4) is 0 Å². The predicted octanol–water partition coefficient (Wildman–Crippen LogP) is 3.87. The molecule has 0 radical (unpaired) electrons. The third kappa shape index (κ3) is 6.37. The number of benzene rings is 1. The molecule has 0 aliphatic rings. The second kappa shape index (κ2) is 8.24. The van der Waals surface area contributed by atoms with Gasteiger partial charge < -0.3 is 20.0 Å². The van der Waals surface area contributed by atoms with E-state index in [9.17, 15) is 18.7 Å². The van der Waals surface area contributed by atoms with Crippen LogP contribution in [-0.4, -0.2) is 32.2 Å². The van der Waals surface area contributed by atoms with Crippen LogP contribution in [0.4, 0.5) is 13.6 Å². The van der Waals surface area contributed by atoms with E-state index in [0.717, 1.165) is 18.2 Å². The largest absolute Gasteiger partial charge is 0.447 e. The molecule has 0 saturated heterocycles. The average molecular weight is 375 g/mol. The third-order valence-electron chi connectivity index (χ3n) is 4.48. The van der Waals surface area contributed by atoms with Crippen molar-refractivity contribution in [1.82, 2.24) is 0 Å². The van der Waals surface area contributed by atoms with E-state index >= 15 is 0 Å². The van der Waals surface area contributed by atoms with Crippen LogP contribution in [0.1, 0.15) is 38.9 Å². The molecule has 5 nitrogen and oxygen atoms in total. The van der Waals surface area contributed by atoms with Crippen LogP contribution in [0.2, 0.25) is 18.1 Å². The average Bonchev–Trinajstić information content (AvgIpc) is 2.45. The van der Waals surface area contributed by atoms with Crippen molar-refractivity contribution in [3.05, 3.63) is 35.4 Å². The topological polar surface area (TPSA) is 81.8 Å². The molecule has 1 rings (SSSR count). The van der Waals surface area contributed by atoms with Gasteiger partial charge in [0.25, 0.3) is 0 Å². The van der Waals surface area contributed by atoms with E-state index in [1.807, 2.05) is 33.9 Å². The van der Waals surface area contributed by atoms with E-state index in [2.05, 4.69) is 0 Å². The summed E-state index contributed by atoms with van der Waals surface area (Å²) < 4.78 is 38.1. The molecule has 142 valence electrons. The quantitative estimate of drug-likeness (QED) is 0.709. The Morgan fingerprint density at radius 2 is 1.92 bits per heavy atom. The summed E-state index contributed by atoms with van der Waals surface area (Å²) in [6, 6.07) is 2.88. The number of hydrogen-bond acceptors (Lipinski definition) is 4. The Kier molecular flexibility index (Phi) is 7.10. The van der Waals surface area contributed by atoms with Gasteiger partial charge in [-0.25, -0.2) is 13.6 Å². The number of hydrogen-bond donors (Lipinski definition) is 2. The maximum Gasteiger partial charge on any atom is 0.404 e. The monoisotopic (exact) mass is 375 g/mol. The van der Waals surface area contributed by atoms with Crippen molar-refractivity contribution >= 4 is 14.4 Å². The van der Waals surface area contributed by atoms with E-state index in [0.29, 0.717) is 0 Å². The molecule has 0 saturated carbocycles. The number of ether oxygens (including phenoxy) is 1. The van der Waals surface area contributed by atoms with Crippen LogP contribution in [0.25, 0.3) is 0 Å². The number of amides is 1. The molecule has 1 unspecified atom stereocenters. The summed E-state index contributed by atoms with van der Waals surface area (Å²) in [4.78, 5) is 10.9. The van der Waals surface area contributed by atoms with Crippen molar-refractivity contribution in [1.29, 1.82) is 0 Å².